The number of aliphatic imine (C=N–C) groups is 1. The summed E-state index contributed by atoms with van der Waals surface area (Å²) in [5.41, 5.74) is 0. The van der Waals surface area contributed by atoms with Crippen molar-refractivity contribution in [2.75, 3.05) is 32.7 Å². The Bertz CT molecular complexity index is 423. The summed E-state index contributed by atoms with van der Waals surface area (Å²) in [6, 6.07) is 0. The van der Waals surface area contributed by atoms with Crippen molar-refractivity contribution in [3.05, 3.63) is 24.4 Å². The van der Waals surface area contributed by atoms with Crippen LogP contribution in [0, 0.1) is 5.41 Å². The minimum atomic E-state index is 0.389. The van der Waals surface area contributed by atoms with Gasteiger partial charge in [0.2, 0.25) is 12.4 Å². The van der Waals surface area contributed by atoms with E-state index in [9.17, 15) is 9.59 Å². The molecule has 0 aromatic rings. The Balaban J connectivity index is 2.45. The lowest BCUT2D eigenvalue weighted by molar-refractivity contribution is -0.108. The second kappa shape index (κ2) is 10.4. The van der Waals surface area contributed by atoms with Crippen LogP contribution in [0.4, 0.5) is 0 Å². The minimum Gasteiger partial charge on any atom is -0.374 e. The zero-order valence-electron chi connectivity index (χ0n) is 11.9. The second-order valence-corrected chi connectivity index (χ2v) is 4.36. The lowest BCUT2D eigenvalue weighted by Gasteiger charge is -2.35. The second-order valence-electron chi connectivity index (χ2n) is 4.36. The summed E-state index contributed by atoms with van der Waals surface area (Å²) in [5, 5.41) is 9.88. The van der Waals surface area contributed by atoms with Crippen LogP contribution in [0.5, 0.6) is 0 Å². The van der Waals surface area contributed by atoms with Gasteiger partial charge >= 0.3 is 0 Å². The Morgan fingerprint density at radius 3 is 2.52 bits per heavy atom. The van der Waals surface area contributed by atoms with Crippen LogP contribution in [0.3, 0.4) is 0 Å². The van der Waals surface area contributed by atoms with Gasteiger partial charge in [-0.15, -0.1) is 0 Å². The number of rotatable bonds is 7. The van der Waals surface area contributed by atoms with E-state index in [4.69, 9.17) is 5.41 Å². The number of allylic oxidation sites excluding steroid dienone is 3. The first-order chi connectivity index (χ1) is 10.3. The Kier molecular flexibility index (Phi) is 8.20. The Hall–Kier alpha value is -2.44. The number of carbonyl (C=O) groups excluding carboxylic acids is 2. The molecule has 0 spiro atoms. The lowest BCUT2D eigenvalue weighted by Crippen LogP contribution is -2.51. The Morgan fingerprint density at radius 2 is 1.90 bits per heavy atom. The SMILES string of the molecule is N=C/C=C\C=C\N1CCN(/C(=N/C=O)NCCC=O)CC1. The maximum Gasteiger partial charge on any atom is 0.236 e. The number of nitrogens with zero attached hydrogens (tertiary/aromatic N) is 3. The van der Waals surface area contributed by atoms with Crippen molar-refractivity contribution in [3.8, 4) is 0 Å². The van der Waals surface area contributed by atoms with Crippen molar-refractivity contribution in [1.29, 1.82) is 5.41 Å². The normalized spacial score (nSPS) is 16.5. The van der Waals surface area contributed by atoms with Crippen LogP contribution >= 0.6 is 0 Å². The third kappa shape index (κ3) is 6.51. The van der Waals surface area contributed by atoms with Crippen molar-refractivity contribution >= 4 is 24.9 Å². The van der Waals surface area contributed by atoms with E-state index in [1.54, 1.807) is 12.2 Å². The fourth-order valence-electron chi connectivity index (χ4n) is 1.91. The van der Waals surface area contributed by atoms with Crippen LogP contribution in [-0.2, 0) is 9.59 Å². The molecule has 0 aromatic heterocycles. The summed E-state index contributed by atoms with van der Waals surface area (Å²) in [6.07, 6.45) is 10.3. The molecule has 1 amide bonds. The summed E-state index contributed by atoms with van der Waals surface area (Å²) in [4.78, 5) is 28.9. The van der Waals surface area contributed by atoms with Crippen LogP contribution in [0.25, 0.3) is 0 Å². The predicted molar refractivity (Wildman–Crippen MR) is 82.4 cm³/mol. The fourth-order valence-corrected chi connectivity index (χ4v) is 1.91. The molecule has 7 heteroatoms. The summed E-state index contributed by atoms with van der Waals surface area (Å²) in [7, 11) is 0. The van der Waals surface area contributed by atoms with E-state index in [0.717, 1.165) is 32.5 Å². The van der Waals surface area contributed by atoms with Crippen LogP contribution in [0.15, 0.2) is 29.4 Å². The average molecular weight is 291 g/mol. The quantitative estimate of drug-likeness (QED) is 0.227. The molecule has 1 aliphatic rings. The van der Waals surface area contributed by atoms with E-state index < -0.39 is 0 Å². The number of guanidine groups is 1. The van der Waals surface area contributed by atoms with E-state index in [1.165, 1.54) is 6.21 Å². The zero-order valence-corrected chi connectivity index (χ0v) is 11.9. The van der Waals surface area contributed by atoms with E-state index >= 15 is 0 Å². The average Bonchev–Trinajstić information content (AvgIpc) is 2.52. The summed E-state index contributed by atoms with van der Waals surface area (Å²) < 4.78 is 0. The summed E-state index contributed by atoms with van der Waals surface area (Å²) in [6.45, 7) is 3.62. The first-order valence-corrected chi connectivity index (χ1v) is 6.83. The van der Waals surface area contributed by atoms with Gasteiger partial charge in [-0.3, -0.25) is 4.79 Å². The van der Waals surface area contributed by atoms with E-state index in [-0.39, 0.29) is 0 Å². The van der Waals surface area contributed by atoms with Gasteiger partial charge in [-0.2, -0.15) is 4.99 Å². The van der Waals surface area contributed by atoms with E-state index in [2.05, 4.69) is 15.2 Å². The molecule has 1 heterocycles. The van der Waals surface area contributed by atoms with Gasteiger partial charge in [0, 0.05) is 45.4 Å². The third-order valence-corrected chi connectivity index (χ3v) is 2.95. The molecule has 0 saturated carbocycles. The van der Waals surface area contributed by atoms with E-state index in [0.29, 0.717) is 25.3 Å². The largest absolute Gasteiger partial charge is 0.374 e. The molecule has 0 aliphatic carbocycles. The molecule has 1 fully saturated rings. The molecule has 114 valence electrons. The van der Waals surface area contributed by atoms with Gasteiger partial charge in [0.15, 0.2) is 0 Å². The zero-order chi connectivity index (χ0) is 15.3. The maximum atomic E-state index is 10.6. The fraction of sp³-hybridized carbons (Fsp3) is 0.429. The highest BCUT2D eigenvalue weighted by molar-refractivity contribution is 5.86. The molecule has 0 aromatic carbocycles. The lowest BCUT2D eigenvalue weighted by atomic mass is 10.3. The van der Waals surface area contributed by atoms with Gasteiger partial charge < -0.3 is 25.3 Å². The smallest absolute Gasteiger partial charge is 0.236 e. The van der Waals surface area contributed by atoms with Gasteiger partial charge in [0.05, 0.1) is 0 Å². The molecular formula is C14H21N5O2. The summed E-state index contributed by atoms with van der Waals surface area (Å²) >= 11 is 0. The minimum absolute atomic E-state index is 0.389. The number of amides is 1. The maximum absolute atomic E-state index is 10.6. The van der Waals surface area contributed by atoms with Crippen LogP contribution < -0.4 is 5.32 Å². The monoisotopic (exact) mass is 291 g/mol. The molecule has 0 unspecified atom stereocenters. The van der Waals surface area contributed by atoms with Crippen molar-refractivity contribution in [2.45, 2.75) is 6.42 Å². The molecule has 0 radical (unpaired) electrons. The van der Waals surface area contributed by atoms with Gasteiger partial charge in [-0.25, -0.2) is 0 Å². The van der Waals surface area contributed by atoms with Crippen molar-refractivity contribution < 1.29 is 9.59 Å². The Morgan fingerprint density at radius 1 is 1.14 bits per heavy atom. The number of carbonyl (C=O) groups is 2. The first-order valence-electron chi connectivity index (χ1n) is 6.83. The van der Waals surface area contributed by atoms with Gasteiger partial charge in [-0.05, 0) is 18.4 Å². The molecule has 1 saturated heterocycles. The number of aldehydes is 1. The first kappa shape index (κ1) is 16.6. The molecule has 1 aliphatic heterocycles. The van der Waals surface area contributed by atoms with Gasteiger partial charge in [0.1, 0.15) is 6.29 Å². The molecule has 1 rings (SSSR count). The highest BCUT2D eigenvalue weighted by Gasteiger charge is 2.17. The van der Waals surface area contributed by atoms with Gasteiger partial charge in [0.25, 0.3) is 0 Å². The van der Waals surface area contributed by atoms with Crippen LogP contribution in [-0.4, -0.2) is 67.4 Å². The topological polar surface area (TPSA) is 88.9 Å². The molecule has 7 nitrogen and oxygen atoms in total. The van der Waals surface area contributed by atoms with E-state index in [1.807, 2.05) is 17.2 Å². The number of piperazine rings is 1. The number of nitrogens with one attached hydrogen (secondary N) is 2. The Labute approximate surface area is 124 Å². The molecule has 0 atom stereocenters. The standard InChI is InChI=1S/C14H21N5O2/c15-5-2-1-3-7-18-8-10-19(11-9-18)14(17-13-21)16-6-4-12-20/h1-3,5,7,12-13,15H,4,6,8-11H2,(H,16,17,21)/b2-1-,7-3+,15-5?. The number of hydrogen-bond acceptors (Lipinski definition) is 4. The van der Waals surface area contributed by atoms with Crippen molar-refractivity contribution in [1.82, 2.24) is 15.1 Å². The van der Waals surface area contributed by atoms with Crippen molar-refractivity contribution in [3.63, 3.8) is 0 Å². The molecule has 21 heavy (non-hydrogen) atoms. The molecule has 2 N–H and O–H groups in total. The van der Waals surface area contributed by atoms with Crippen LogP contribution in [0.2, 0.25) is 0 Å². The highest BCUT2D eigenvalue weighted by Crippen LogP contribution is 2.03. The number of hydrogen-bond donors (Lipinski definition) is 2. The van der Waals surface area contributed by atoms with Crippen LogP contribution in [0.1, 0.15) is 6.42 Å². The summed E-state index contributed by atoms with van der Waals surface area (Å²) in [5.74, 6) is 0.527. The third-order valence-electron chi connectivity index (χ3n) is 2.95. The molecular weight excluding hydrogens is 270 g/mol. The van der Waals surface area contributed by atoms with Gasteiger partial charge in [-0.1, -0.05) is 6.08 Å². The molecule has 0 bridgehead atoms. The predicted octanol–water partition coefficient (Wildman–Crippen LogP) is 0.0145. The highest BCUT2D eigenvalue weighted by atomic mass is 16.1. The van der Waals surface area contributed by atoms with Crippen molar-refractivity contribution in [2.24, 2.45) is 4.99 Å².